The monoisotopic (exact) mass is 721 g/mol. The highest BCUT2D eigenvalue weighted by Gasteiger charge is 2.45. The van der Waals surface area contributed by atoms with Crippen LogP contribution < -0.4 is 21.3 Å². The summed E-state index contributed by atoms with van der Waals surface area (Å²) in [7, 11) is 1.26. The Morgan fingerprint density at radius 1 is 1.08 bits per heavy atom. The maximum atomic E-state index is 14.1. The molecule has 16 heteroatoms. The van der Waals surface area contributed by atoms with Gasteiger partial charge in [0.1, 0.15) is 12.1 Å². The number of benzene rings is 1. The zero-order chi connectivity index (χ0) is 37.0. The number of nitrogens with one attached hydrogen (secondary N) is 2. The minimum absolute atomic E-state index is 0.0106. The molecule has 2 aliphatic heterocycles. The van der Waals surface area contributed by atoms with Crippen LogP contribution in [0.25, 0.3) is 10.4 Å². The molecule has 2 aromatic heterocycles. The van der Waals surface area contributed by atoms with E-state index in [2.05, 4.69) is 25.8 Å². The van der Waals surface area contributed by atoms with Gasteiger partial charge >= 0.3 is 5.97 Å². The van der Waals surface area contributed by atoms with Gasteiger partial charge in [0.25, 0.3) is 0 Å². The Labute approximate surface area is 301 Å². The smallest absolute Gasteiger partial charge is 0.358 e. The molecule has 0 saturated carbocycles. The SMILES string of the molecule is COC(=O)c1cc(N2CCN(CC(=O)NC(C(=O)N3C[C@H](O)C[C@H]3C(=O)NC(C)c3ccc(-c4scnc4C)cc3)C(C)(C)C)CC2)c(N)nn1. The molecule has 5 N–H and O–H groups in total. The molecule has 3 amide bonds. The van der Waals surface area contributed by atoms with E-state index in [9.17, 15) is 24.3 Å². The van der Waals surface area contributed by atoms with Crippen LogP contribution in [0.15, 0.2) is 35.8 Å². The summed E-state index contributed by atoms with van der Waals surface area (Å²) in [6, 6.07) is 7.30. The van der Waals surface area contributed by atoms with Crippen molar-refractivity contribution < 1.29 is 29.0 Å². The number of aryl methyl sites for hydroxylation is 1. The van der Waals surface area contributed by atoms with Gasteiger partial charge in [0.05, 0.1) is 47.6 Å². The van der Waals surface area contributed by atoms with Crippen LogP contribution in [0.3, 0.4) is 0 Å². The predicted molar refractivity (Wildman–Crippen MR) is 193 cm³/mol. The molecule has 4 atom stereocenters. The normalized spacial score (nSPS) is 19.4. The lowest BCUT2D eigenvalue weighted by Crippen LogP contribution is -2.59. The van der Waals surface area contributed by atoms with Crippen LogP contribution in [0.4, 0.5) is 11.5 Å². The molecule has 2 unspecified atom stereocenters. The van der Waals surface area contributed by atoms with E-state index in [1.165, 1.54) is 12.0 Å². The summed E-state index contributed by atoms with van der Waals surface area (Å²) < 4.78 is 4.74. The van der Waals surface area contributed by atoms with E-state index in [1.807, 2.05) is 74.2 Å². The van der Waals surface area contributed by atoms with Gasteiger partial charge in [-0.15, -0.1) is 21.5 Å². The first-order valence-corrected chi connectivity index (χ1v) is 17.8. The summed E-state index contributed by atoms with van der Waals surface area (Å²) >= 11 is 1.57. The van der Waals surface area contributed by atoms with Crippen molar-refractivity contribution in [2.75, 3.05) is 57.0 Å². The van der Waals surface area contributed by atoms with Gasteiger partial charge in [-0.1, -0.05) is 45.0 Å². The van der Waals surface area contributed by atoms with E-state index in [0.717, 1.165) is 21.7 Å². The van der Waals surface area contributed by atoms with E-state index >= 15 is 0 Å². The molecule has 274 valence electrons. The molecular formula is C35H47N9O6S. The van der Waals surface area contributed by atoms with Crippen LogP contribution in [0, 0.1) is 12.3 Å². The Hall–Kier alpha value is -4.67. The maximum Gasteiger partial charge on any atom is 0.358 e. The molecule has 0 bridgehead atoms. The predicted octanol–water partition coefficient (Wildman–Crippen LogP) is 1.77. The number of nitrogens with zero attached hydrogens (tertiary/aromatic N) is 6. The Bertz CT molecular complexity index is 1740. The zero-order valence-electron chi connectivity index (χ0n) is 29.9. The molecular weight excluding hydrogens is 675 g/mol. The van der Waals surface area contributed by atoms with Crippen LogP contribution in [0.1, 0.15) is 61.9 Å². The summed E-state index contributed by atoms with van der Waals surface area (Å²) in [5, 5.41) is 24.2. The number of nitrogen functional groups attached to an aromatic ring is 1. The van der Waals surface area contributed by atoms with Gasteiger partial charge in [-0.3, -0.25) is 19.3 Å². The fourth-order valence-corrected chi connectivity index (χ4v) is 7.23. The number of piperazine rings is 1. The lowest BCUT2D eigenvalue weighted by atomic mass is 9.85. The van der Waals surface area contributed by atoms with Crippen molar-refractivity contribution >= 4 is 46.5 Å². The Morgan fingerprint density at radius 3 is 2.37 bits per heavy atom. The summed E-state index contributed by atoms with van der Waals surface area (Å²) in [5.41, 5.74) is 10.7. The van der Waals surface area contributed by atoms with E-state index in [-0.39, 0.29) is 48.9 Å². The minimum atomic E-state index is -0.938. The summed E-state index contributed by atoms with van der Waals surface area (Å²) in [6.45, 7) is 11.5. The second-order valence-electron chi connectivity index (χ2n) is 14.1. The van der Waals surface area contributed by atoms with Gasteiger partial charge < -0.3 is 36.0 Å². The van der Waals surface area contributed by atoms with E-state index in [4.69, 9.17) is 10.5 Å². The number of rotatable bonds is 10. The number of hydrogen-bond acceptors (Lipinski definition) is 13. The third-order valence-electron chi connectivity index (χ3n) is 9.34. The second kappa shape index (κ2) is 15.7. The Balaban J connectivity index is 1.19. The first-order valence-electron chi connectivity index (χ1n) is 16.9. The number of methoxy groups -OCH3 is 1. The van der Waals surface area contributed by atoms with Gasteiger partial charge in [0.2, 0.25) is 17.7 Å². The molecule has 0 radical (unpaired) electrons. The first-order chi connectivity index (χ1) is 24.2. The summed E-state index contributed by atoms with van der Waals surface area (Å²) in [6.07, 6.45) is -0.774. The number of amides is 3. The number of carbonyl (C=O) groups excluding carboxylic acids is 4. The maximum absolute atomic E-state index is 14.1. The highest BCUT2D eigenvalue weighted by atomic mass is 32.1. The average Bonchev–Trinajstić information content (AvgIpc) is 3.72. The first kappa shape index (κ1) is 37.6. The largest absolute Gasteiger partial charge is 0.464 e. The van der Waals surface area contributed by atoms with Gasteiger partial charge in [0, 0.05) is 45.2 Å². The number of likely N-dealkylation sites (tertiary alicyclic amines) is 1. The number of carbonyl (C=O) groups is 4. The standard InChI is InChI=1S/C35H47N9O6S/c1-20(22-7-9-23(10-8-22)29-21(2)37-19-51-29)38-32(47)27-15-24(45)17-44(27)33(48)30(35(3,4)5)39-28(46)18-42-11-13-43(14-12-42)26-16-25(34(49)50-6)40-41-31(26)36/h7-10,16,19-20,24,27,30,45H,11-15,17-18H2,1-6H3,(H2,36,41)(H,38,47)(H,39,46)/t20?,24-,27+,30?/m1/s1. The molecule has 3 aromatic rings. The van der Waals surface area contributed by atoms with Crippen LogP contribution in [0.2, 0.25) is 0 Å². The minimum Gasteiger partial charge on any atom is -0.464 e. The quantitative estimate of drug-likeness (QED) is 0.222. The number of hydrogen-bond donors (Lipinski definition) is 4. The van der Waals surface area contributed by atoms with Crippen molar-refractivity contribution in [3.05, 3.63) is 52.8 Å². The Kier molecular flexibility index (Phi) is 11.6. The number of β-amino-alcohol motifs (C(OH)–C–C–N with tert-alkyl or cyclic N) is 1. The third kappa shape index (κ3) is 8.80. The third-order valence-corrected chi connectivity index (χ3v) is 10.3. The number of aliphatic hydroxyl groups excluding tert-OH is 1. The van der Waals surface area contributed by atoms with Crippen LogP contribution in [-0.2, 0) is 19.1 Å². The number of ether oxygens (including phenoxy) is 1. The van der Waals surface area contributed by atoms with Gasteiger partial charge in [-0.05, 0) is 30.4 Å². The molecule has 2 aliphatic rings. The molecule has 2 saturated heterocycles. The number of aliphatic hydroxyl groups is 1. The molecule has 0 aliphatic carbocycles. The Morgan fingerprint density at radius 2 is 1.76 bits per heavy atom. The molecule has 51 heavy (non-hydrogen) atoms. The van der Waals surface area contributed by atoms with Crippen LogP contribution >= 0.6 is 11.3 Å². The molecule has 2 fully saturated rings. The average molecular weight is 722 g/mol. The number of thiazole rings is 1. The second-order valence-corrected chi connectivity index (χ2v) is 15.0. The van der Waals surface area contributed by atoms with Crippen molar-refractivity contribution in [3.8, 4) is 10.4 Å². The van der Waals surface area contributed by atoms with Gasteiger partial charge in [-0.25, -0.2) is 9.78 Å². The van der Waals surface area contributed by atoms with Gasteiger partial charge in [-0.2, -0.15) is 0 Å². The summed E-state index contributed by atoms with van der Waals surface area (Å²) in [4.78, 5) is 63.8. The lowest BCUT2D eigenvalue weighted by Gasteiger charge is -2.38. The number of anilines is 2. The van der Waals surface area contributed by atoms with E-state index in [1.54, 1.807) is 17.4 Å². The van der Waals surface area contributed by atoms with E-state index in [0.29, 0.717) is 31.9 Å². The molecule has 15 nitrogen and oxygen atoms in total. The van der Waals surface area contributed by atoms with Crippen molar-refractivity contribution in [1.82, 2.24) is 35.6 Å². The molecule has 1 aromatic carbocycles. The van der Waals surface area contributed by atoms with E-state index < -0.39 is 35.5 Å². The van der Waals surface area contributed by atoms with Gasteiger partial charge in [0.15, 0.2) is 11.5 Å². The zero-order valence-corrected chi connectivity index (χ0v) is 30.7. The highest BCUT2D eigenvalue weighted by Crippen LogP contribution is 2.30. The van der Waals surface area contributed by atoms with Crippen LogP contribution in [0.5, 0.6) is 0 Å². The van der Waals surface area contributed by atoms with Crippen molar-refractivity contribution in [2.45, 2.75) is 65.3 Å². The molecule has 5 rings (SSSR count). The van der Waals surface area contributed by atoms with Crippen molar-refractivity contribution in [3.63, 3.8) is 0 Å². The number of esters is 1. The lowest BCUT2D eigenvalue weighted by molar-refractivity contribution is -0.144. The number of aromatic nitrogens is 3. The summed E-state index contributed by atoms with van der Waals surface area (Å²) in [5.74, 6) is -1.55. The molecule has 4 heterocycles. The van der Waals surface area contributed by atoms with Crippen LogP contribution in [-0.4, -0.2) is 118 Å². The van der Waals surface area contributed by atoms with Crippen molar-refractivity contribution in [2.24, 2.45) is 5.41 Å². The van der Waals surface area contributed by atoms with Crippen molar-refractivity contribution in [1.29, 1.82) is 0 Å². The topological polar surface area (TPSA) is 196 Å². The highest BCUT2D eigenvalue weighted by molar-refractivity contribution is 7.13. The molecule has 0 spiro atoms. The fraction of sp³-hybridized carbons (Fsp3) is 0.514. The fourth-order valence-electron chi connectivity index (χ4n) is 6.42. The number of nitrogens with two attached hydrogens (primary N) is 1.